The van der Waals surface area contributed by atoms with Crippen molar-refractivity contribution in [2.45, 2.75) is 52.5 Å². The lowest BCUT2D eigenvalue weighted by atomic mass is 9.75. The average molecular weight is 282 g/mol. The summed E-state index contributed by atoms with van der Waals surface area (Å²) in [5.74, 6) is -0.235. The molecule has 2 saturated heterocycles. The molecule has 2 rings (SSSR count). The number of rotatable bonds is 1. The number of piperidine rings is 1. The minimum Gasteiger partial charge on any atom is -0.480 e. The van der Waals surface area contributed by atoms with Gasteiger partial charge >= 0.3 is 12.0 Å². The summed E-state index contributed by atoms with van der Waals surface area (Å²) in [5, 5.41) is 9.17. The fourth-order valence-electron chi connectivity index (χ4n) is 3.37. The zero-order valence-electron chi connectivity index (χ0n) is 12.8. The standard InChI is InChI=1S/C15H26N2O3/c1-15(2,3)11-6-9-16(10-7-11)14(20)17-8-4-5-12(17)13(18)19/h11-12H,4-10H2,1-3H3,(H,18,19). The lowest BCUT2D eigenvalue weighted by Crippen LogP contribution is -2.51. The first-order valence-electron chi connectivity index (χ1n) is 7.59. The maximum Gasteiger partial charge on any atom is 0.326 e. The van der Waals surface area contributed by atoms with Crippen molar-refractivity contribution in [3.63, 3.8) is 0 Å². The molecule has 0 bridgehead atoms. The Kier molecular flexibility index (Phi) is 4.25. The van der Waals surface area contributed by atoms with Crippen LogP contribution in [0.5, 0.6) is 0 Å². The van der Waals surface area contributed by atoms with Crippen LogP contribution in [0.4, 0.5) is 4.79 Å². The van der Waals surface area contributed by atoms with Crippen LogP contribution in [-0.2, 0) is 4.79 Å². The molecular formula is C15H26N2O3. The van der Waals surface area contributed by atoms with Crippen LogP contribution in [0, 0.1) is 11.3 Å². The first-order chi connectivity index (χ1) is 9.30. The van der Waals surface area contributed by atoms with Crippen LogP contribution >= 0.6 is 0 Å². The van der Waals surface area contributed by atoms with E-state index in [1.54, 1.807) is 4.90 Å². The van der Waals surface area contributed by atoms with Crippen molar-refractivity contribution in [2.75, 3.05) is 19.6 Å². The van der Waals surface area contributed by atoms with Crippen molar-refractivity contribution in [2.24, 2.45) is 11.3 Å². The van der Waals surface area contributed by atoms with Gasteiger partial charge in [0.2, 0.25) is 0 Å². The van der Waals surface area contributed by atoms with E-state index in [0.29, 0.717) is 18.9 Å². The summed E-state index contributed by atoms with van der Waals surface area (Å²) >= 11 is 0. The molecule has 0 radical (unpaired) electrons. The van der Waals surface area contributed by atoms with Gasteiger partial charge in [-0.25, -0.2) is 9.59 Å². The first-order valence-corrected chi connectivity index (χ1v) is 7.59. The highest BCUT2D eigenvalue weighted by molar-refractivity contribution is 5.83. The molecule has 5 heteroatoms. The fourth-order valence-corrected chi connectivity index (χ4v) is 3.37. The Balaban J connectivity index is 1.93. The Hall–Kier alpha value is -1.26. The molecule has 0 aromatic carbocycles. The number of urea groups is 1. The van der Waals surface area contributed by atoms with Crippen LogP contribution in [0.25, 0.3) is 0 Å². The zero-order valence-corrected chi connectivity index (χ0v) is 12.8. The van der Waals surface area contributed by atoms with Crippen LogP contribution in [0.2, 0.25) is 0 Å². The monoisotopic (exact) mass is 282 g/mol. The minimum atomic E-state index is -0.875. The second-order valence-corrected chi connectivity index (χ2v) is 7.10. The van der Waals surface area contributed by atoms with Crippen LogP contribution in [0.15, 0.2) is 0 Å². The second kappa shape index (κ2) is 5.62. The van der Waals surface area contributed by atoms with Gasteiger partial charge in [-0.2, -0.15) is 0 Å². The zero-order chi connectivity index (χ0) is 14.9. The molecule has 2 amide bonds. The maximum absolute atomic E-state index is 12.5. The van der Waals surface area contributed by atoms with E-state index >= 15 is 0 Å². The summed E-state index contributed by atoms with van der Waals surface area (Å²) in [4.78, 5) is 27.0. The van der Waals surface area contributed by atoms with E-state index in [9.17, 15) is 9.59 Å². The molecule has 2 fully saturated rings. The predicted molar refractivity (Wildman–Crippen MR) is 76.5 cm³/mol. The number of likely N-dealkylation sites (tertiary alicyclic amines) is 2. The van der Waals surface area contributed by atoms with E-state index in [4.69, 9.17) is 5.11 Å². The van der Waals surface area contributed by atoms with Crippen molar-refractivity contribution in [1.82, 2.24) is 9.80 Å². The lowest BCUT2D eigenvalue weighted by Gasteiger charge is -2.40. The van der Waals surface area contributed by atoms with Gasteiger partial charge in [0.05, 0.1) is 0 Å². The molecule has 0 aromatic heterocycles. The van der Waals surface area contributed by atoms with Gasteiger partial charge in [-0.3, -0.25) is 0 Å². The van der Waals surface area contributed by atoms with Crippen LogP contribution in [-0.4, -0.2) is 52.6 Å². The molecule has 0 aromatic rings. The van der Waals surface area contributed by atoms with E-state index in [-0.39, 0.29) is 11.4 Å². The summed E-state index contributed by atoms with van der Waals surface area (Å²) < 4.78 is 0. The quantitative estimate of drug-likeness (QED) is 0.803. The van der Waals surface area contributed by atoms with Gasteiger partial charge in [0.15, 0.2) is 0 Å². The van der Waals surface area contributed by atoms with Gasteiger partial charge in [-0.15, -0.1) is 0 Å². The minimum absolute atomic E-state index is 0.0812. The van der Waals surface area contributed by atoms with Gasteiger partial charge in [0, 0.05) is 19.6 Å². The molecule has 2 aliphatic rings. The van der Waals surface area contributed by atoms with Crippen LogP contribution < -0.4 is 0 Å². The number of amides is 2. The Morgan fingerprint density at radius 2 is 1.65 bits per heavy atom. The number of nitrogens with zero attached hydrogens (tertiary/aromatic N) is 2. The summed E-state index contributed by atoms with van der Waals surface area (Å²) in [7, 11) is 0. The summed E-state index contributed by atoms with van der Waals surface area (Å²) in [6, 6.07) is -0.704. The van der Waals surface area contributed by atoms with Crippen LogP contribution in [0.3, 0.4) is 0 Å². The molecule has 0 aliphatic carbocycles. The molecule has 1 unspecified atom stereocenters. The SMILES string of the molecule is CC(C)(C)C1CCN(C(=O)N2CCCC2C(=O)O)CC1. The Morgan fingerprint density at radius 3 is 2.15 bits per heavy atom. The van der Waals surface area contributed by atoms with Gasteiger partial charge in [0.25, 0.3) is 0 Å². The van der Waals surface area contributed by atoms with Crippen molar-refractivity contribution < 1.29 is 14.7 Å². The summed E-state index contributed by atoms with van der Waals surface area (Å²) in [6.07, 6.45) is 3.41. The highest BCUT2D eigenvalue weighted by Crippen LogP contribution is 2.34. The third kappa shape index (κ3) is 3.07. The number of carbonyl (C=O) groups is 2. The molecule has 114 valence electrons. The molecule has 5 nitrogen and oxygen atoms in total. The number of aliphatic carboxylic acids is 1. The van der Waals surface area contributed by atoms with Crippen molar-refractivity contribution >= 4 is 12.0 Å². The van der Waals surface area contributed by atoms with Gasteiger partial charge in [-0.05, 0) is 37.0 Å². The second-order valence-electron chi connectivity index (χ2n) is 7.10. The molecule has 0 spiro atoms. The molecule has 1 atom stereocenters. The normalized spacial score (nSPS) is 25.1. The van der Waals surface area contributed by atoms with E-state index < -0.39 is 12.0 Å². The molecule has 2 heterocycles. The lowest BCUT2D eigenvalue weighted by molar-refractivity contribution is -0.141. The molecule has 20 heavy (non-hydrogen) atoms. The number of carbonyl (C=O) groups excluding carboxylic acids is 1. The van der Waals surface area contributed by atoms with Crippen LogP contribution in [0.1, 0.15) is 46.5 Å². The van der Waals surface area contributed by atoms with Gasteiger partial charge in [-0.1, -0.05) is 20.8 Å². The van der Waals surface area contributed by atoms with Gasteiger partial charge in [0.1, 0.15) is 6.04 Å². The highest BCUT2D eigenvalue weighted by atomic mass is 16.4. The maximum atomic E-state index is 12.5. The van der Waals surface area contributed by atoms with Crippen molar-refractivity contribution in [3.8, 4) is 0 Å². The molecule has 0 saturated carbocycles. The summed E-state index contributed by atoms with van der Waals surface area (Å²) in [5.41, 5.74) is 0.284. The van der Waals surface area contributed by atoms with Gasteiger partial charge < -0.3 is 14.9 Å². The third-order valence-corrected chi connectivity index (χ3v) is 4.77. The highest BCUT2D eigenvalue weighted by Gasteiger charge is 2.38. The van der Waals surface area contributed by atoms with E-state index in [1.165, 1.54) is 0 Å². The molecule has 2 aliphatic heterocycles. The Bertz CT molecular complexity index is 381. The van der Waals surface area contributed by atoms with E-state index in [0.717, 1.165) is 32.4 Å². The van der Waals surface area contributed by atoms with E-state index in [1.807, 2.05) is 4.90 Å². The topological polar surface area (TPSA) is 60.9 Å². The fraction of sp³-hybridized carbons (Fsp3) is 0.867. The van der Waals surface area contributed by atoms with Crippen molar-refractivity contribution in [3.05, 3.63) is 0 Å². The first kappa shape index (κ1) is 15.1. The molecule has 1 N–H and O–H groups in total. The number of carboxylic acid groups (broad SMARTS) is 1. The smallest absolute Gasteiger partial charge is 0.326 e. The number of hydrogen-bond acceptors (Lipinski definition) is 2. The Labute approximate surface area is 120 Å². The van der Waals surface area contributed by atoms with E-state index in [2.05, 4.69) is 20.8 Å². The summed E-state index contributed by atoms with van der Waals surface area (Å²) in [6.45, 7) is 8.82. The predicted octanol–water partition coefficient (Wildman–Crippen LogP) is 2.41. The molecular weight excluding hydrogens is 256 g/mol. The number of hydrogen-bond donors (Lipinski definition) is 1. The number of carboxylic acids is 1. The van der Waals surface area contributed by atoms with Crippen molar-refractivity contribution in [1.29, 1.82) is 0 Å². The third-order valence-electron chi connectivity index (χ3n) is 4.77. The average Bonchev–Trinajstić information content (AvgIpc) is 2.86. The Morgan fingerprint density at radius 1 is 1.05 bits per heavy atom. The largest absolute Gasteiger partial charge is 0.480 e.